The zero-order valence-electron chi connectivity index (χ0n) is 10.5. The van der Waals surface area contributed by atoms with Crippen LogP contribution in [-0.2, 0) is 12.4 Å². The minimum atomic E-state index is -5.03. The van der Waals surface area contributed by atoms with Crippen LogP contribution in [-0.4, -0.2) is 16.1 Å². The second kappa shape index (κ2) is 5.04. The molecule has 4 nitrogen and oxygen atoms in total. The molecule has 0 aliphatic rings. The number of halogens is 6. The van der Waals surface area contributed by atoms with Crippen LogP contribution >= 0.6 is 0 Å². The van der Waals surface area contributed by atoms with Crippen molar-refractivity contribution in [2.75, 3.05) is 0 Å². The summed E-state index contributed by atoms with van der Waals surface area (Å²) in [5.74, 6) is -0.959. The average molecular weight is 323 g/mol. The van der Waals surface area contributed by atoms with Gasteiger partial charge in [0.1, 0.15) is 5.69 Å². The van der Waals surface area contributed by atoms with Gasteiger partial charge in [-0.05, 0) is 18.2 Å². The van der Waals surface area contributed by atoms with E-state index in [4.69, 9.17) is 5.73 Å². The molecule has 0 spiro atoms. The molecule has 3 N–H and O–H groups in total. The first-order valence-electron chi connectivity index (χ1n) is 5.64. The normalized spacial score (nSPS) is 12.5. The van der Waals surface area contributed by atoms with E-state index in [-0.39, 0.29) is 17.5 Å². The van der Waals surface area contributed by atoms with E-state index in [1.807, 2.05) is 0 Å². The third-order valence-corrected chi connectivity index (χ3v) is 2.77. The van der Waals surface area contributed by atoms with Gasteiger partial charge in [-0.25, -0.2) is 0 Å². The molecule has 1 amide bonds. The molecule has 1 heterocycles. The summed E-state index contributed by atoms with van der Waals surface area (Å²) in [7, 11) is 0. The number of hydrogen-bond donors (Lipinski definition) is 2. The third-order valence-electron chi connectivity index (χ3n) is 2.77. The molecular weight excluding hydrogens is 316 g/mol. The molecule has 10 heteroatoms. The molecule has 118 valence electrons. The third kappa shape index (κ3) is 3.05. The fraction of sp³-hybridized carbons (Fsp3) is 0.167. The van der Waals surface area contributed by atoms with Gasteiger partial charge < -0.3 is 5.73 Å². The Balaban J connectivity index is 2.62. The monoisotopic (exact) mass is 323 g/mol. The van der Waals surface area contributed by atoms with Crippen molar-refractivity contribution in [3.8, 4) is 11.3 Å². The number of alkyl halides is 6. The molecule has 0 atom stereocenters. The Morgan fingerprint density at radius 3 is 2.14 bits per heavy atom. The zero-order chi connectivity index (χ0) is 16.7. The van der Waals surface area contributed by atoms with Crippen LogP contribution in [0.3, 0.4) is 0 Å². The summed E-state index contributed by atoms with van der Waals surface area (Å²) < 4.78 is 76.6. The maximum atomic E-state index is 13.0. The fourth-order valence-corrected chi connectivity index (χ4v) is 1.76. The van der Waals surface area contributed by atoms with Crippen molar-refractivity contribution < 1.29 is 31.1 Å². The van der Waals surface area contributed by atoms with Gasteiger partial charge >= 0.3 is 12.4 Å². The Labute approximate surface area is 118 Å². The second-order valence-corrected chi connectivity index (χ2v) is 4.29. The average Bonchev–Trinajstić information content (AvgIpc) is 2.85. The van der Waals surface area contributed by atoms with Crippen molar-refractivity contribution in [3.05, 3.63) is 41.1 Å². The number of amides is 1. The van der Waals surface area contributed by atoms with Crippen LogP contribution in [0.4, 0.5) is 26.3 Å². The minimum absolute atomic E-state index is 0.00600. The van der Waals surface area contributed by atoms with E-state index in [0.717, 1.165) is 6.07 Å². The molecule has 2 rings (SSSR count). The number of aromatic nitrogens is 2. The maximum absolute atomic E-state index is 13.0. The number of hydrogen-bond acceptors (Lipinski definition) is 2. The van der Waals surface area contributed by atoms with E-state index in [2.05, 4.69) is 10.2 Å². The van der Waals surface area contributed by atoms with E-state index in [1.54, 1.807) is 0 Å². The number of primary amides is 1. The van der Waals surface area contributed by atoms with Crippen molar-refractivity contribution in [1.82, 2.24) is 10.2 Å². The Hall–Kier alpha value is -2.52. The standard InChI is InChI=1S/C12H7F6N3O/c13-11(14,15)5-1-2-6(7(3-5)12(16,17)18)8-4-9(10(19)22)21-20-8/h1-4H,(H2,19,22)(H,20,21). The summed E-state index contributed by atoms with van der Waals surface area (Å²) >= 11 is 0. The summed E-state index contributed by atoms with van der Waals surface area (Å²) in [6.07, 6.45) is -9.94. The predicted molar refractivity (Wildman–Crippen MR) is 62.5 cm³/mol. The molecule has 0 bridgehead atoms. The molecule has 0 saturated heterocycles. The van der Waals surface area contributed by atoms with Crippen molar-refractivity contribution in [2.45, 2.75) is 12.4 Å². The highest BCUT2D eigenvalue weighted by Crippen LogP contribution is 2.40. The first-order chi connectivity index (χ1) is 10.00. The summed E-state index contributed by atoms with van der Waals surface area (Å²) in [5, 5.41) is 5.58. The lowest BCUT2D eigenvalue weighted by atomic mass is 10.0. The van der Waals surface area contributed by atoms with E-state index >= 15 is 0 Å². The van der Waals surface area contributed by atoms with Crippen LogP contribution in [0.5, 0.6) is 0 Å². The van der Waals surface area contributed by atoms with Gasteiger partial charge in [-0.15, -0.1) is 0 Å². The summed E-state index contributed by atoms with van der Waals surface area (Å²) in [4.78, 5) is 10.9. The Bertz CT molecular complexity index is 716. The molecule has 1 aromatic carbocycles. The highest BCUT2D eigenvalue weighted by atomic mass is 19.4. The number of nitrogens with two attached hydrogens (primary N) is 1. The van der Waals surface area contributed by atoms with Gasteiger partial charge in [0.15, 0.2) is 0 Å². The molecule has 0 radical (unpaired) electrons. The number of benzene rings is 1. The zero-order valence-corrected chi connectivity index (χ0v) is 10.5. The van der Waals surface area contributed by atoms with Gasteiger partial charge in [-0.2, -0.15) is 31.4 Å². The van der Waals surface area contributed by atoms with Crippen molar-refractivity contribution in [1.29, 1.82) is 0 Å². The van der Waals surface area contributed by atoms with Crippen LogP contribution in [0.25, 0.3) is 11.3 Å². The molecule has 0 unspecified atom stereocenters. The molecule has 0 aliphatic carbocycles. The summed E-state index contributed by atoms with van der Waals surface area (Å²) in [5.41, 5.74) is 0.791. The fourth-order valence-electron chi connectivity index (χ4n) is 1.76. The largest absolute Gasteiger partial charge is 0.417 e. The van der Waals surface area contributed by atoms with Crippen LogP contribution in [0.1, 0.15) is 21.6 Å². The second-order valence-electron chi connectivity index (χ2n) is 4.29. The number of nitrogens with zero attached hydrogens (tertiary/aromatic N) is 1. The Kier molecular flexibility index (Phi) is 3.63. The molecule has 0 aliphatic heterocycles. The maximum Gasteiger partial charge on any atom is 0.417 e. The SMILES string of the molecule is NC(=O)c1cc(-c2ccc(C(F)(F)F)cc2C(F)(F)F)n[nH]1. The van der Waals surface area contributed by atoms with Crippen molar-refractivity contribution in [2.24, 2.45) is 5.73 Å². The molecular formula is C12H7F6N3O. The van der Waals surface area contributed by atoms with Gasteiger partial charge in [0.05, 0.1) is 16.8 Å². The number of nitrogens with one attached hydrogen (secondary N) is 1. The Morgan fingerprint density at radius 1 is 1.05 bits per heavy atom. The van der Waals surface area contributed by atoms with Crippen molar-refractivity contribution >= 4 is 5.91 Å². The number of carbonyl (C=O) groups is 1. The quantitative estimate of drug-likeness (QED) is 0.833. The lowest BCUT2D eigenvalue weighted by Gasteiger charge is -2.14. The van der Waals surface area contributed by atoms with Gasteiger partial charge in [-0.3, -0.25) is 9.89 Å². The number of rotatable bonds is 2. The van der Waals surface area contributed by atoms with E-state index in [1.165, 1.54) is 0 Å². The lowest BCUT2D eigenvalue weighted by Crippen LogP contribution is -2.12. The van der Waals surface area contributed by atoms with Crippen LogP contribution in [0.15, 0.2) is 24.3 Å². The molecule has 0 saturated carbocycles. The van der Waals surface area contributed by atoms with Crippen LogP contribution in [0.2, 0.25) is 0 Å². The smallest absolute Gasteiger partial charge is 0.364 e. The van der Waals surface area contributed by atoms with Gasteiger partial charge in [0.25, 0.3) is 5.91 Å². The van der Waals surface area contributed by atoms with Gasteiger partial charge in [0, 0.05) is 5.56 Å². The molecule has 1 aromatic heterocycles. The highest BCUT2D eigenvalue weighted by Gasteiger charge is 2.38. The molecule has 2 aromatic rings. The Morgan fingerprint density at radius 2 is 1.68 bits per heavy atom. The van der Waals surface area contributed by atoms with Crippen LogP contribution in [0, 0.1) is 0 Å². The minimum Gasteiger partial charge on any atom is -0.364 e. The molecule has 0 fully saturated rings. The number of aromatic amines is 1. The summed E-state index contributed by atoms with van der Waals surface area (Å²) in [6, 6.07) is 2.07. The first kappa shape index (κ1) is 15.9. The highest BCUT2D eigenvalue weighted by molar-refractivity contribution is 5.92. The molecule has 22 heavy (non-hydrogen) atoms. The van der Waals surface area contributed by atoms with Crippen LogP contribution < -0.4 is 5.73 Å². The van der Waals surface area contributed by atoms with E-state index < -0.39 is 35.0 Å². The number of carbonyl (C=O) groups excluding carboxylic acids is 1. The summed E-state index contributed by atoms with van der Waals surface area (Å²) in [6.45, 7) is 0. The lowest BCUT2D eigenvalue weighted by molar-refractivity contribution is -0.142. The van der Waals surface area contributed by atoms with Gasteiger partial charge in [-0.1, -0.05) is 6.07 Å². The first-order valence-corrected chi connectivity index (χ1v) is 5.64. The van der Waals surface area contributed by atoms with E-state index in [0.29, 0.717) is 12.1 Å². The topological polar surface area (TPSA) is 71.8 Å². The predicted octanol–water partition coefficient (Wildman–Crippen LogP) is 3.21. The van der Waals surface area contributed by atoms with E-state index in [9.17, 15) is 31.1 Å². The number of H-pyrrole nitrogens is 1. The van der Waals surface area contributed by atoms with Crippen molar-refractivity contribution in [3.63, 3.8) is 0 Å². The van der Waals surface area contributed by atoms with Gasteiger partial charge in [0.2, 0.25) is 0 Å².